The first-order valence-corrected chi connectivity index (χ1v) is 9.22. The van der Waals surface area contributed by atoms with E-state index in [-0.39, 0.29) is 30.7 Å². The highest BCUT2D eigenvalue weighted by Crippen LogP contribution is 2.26. The Hall–Kier alpha value is -2.50. The molecule has 1 fully saturated rings. The van der Waals surface area contributed by atoms with Gasteiger partial charge in [-0.15, -0.1) is 0 Å². The quantitative estimate of drug-likeness (QED) is 0.800. The Kier molecular flexibility index (Phi) is 5.81. The van der Waals surface area contributed by atoms with Crippen molar-refractivity contribution in [2.75, 3.05) is 13.2 Å². The molecule has 6 nitrogen and oxygen atoms in total. The predicted molar refractivity (Wildman–Crippen MR) is 96.8 cm³/mol. The van der Waals surface area contributed by atoms with E-state index in [9.17, 15) is 14.7 Å². The number of hydrogen-bond donors (Lipinski definition) is 1. The molecule has 1 aliphatic rings. The van der Waals surface area contributed by atoms with Crippen LogP contribution < -0.4 is 0 Å². The number of phenols is 1. The summed E-state index contributed by atoms with van der Waals surface area (Å²) in [6.07, 6.45) is 7.10. The van der Waals surface area contributed by atoms with Gasteiger partial charge in [0.25, 0.3) is 5.91 Å². The molecule has 0 spiro atoms. The summed E-state index contributed by atoms with van der Waals surface area (Å²) in [4.78, 5) is 26.4. The zero-order chi connectivity index (χ0) is 18.5. The third kappa shape index (κ3) is 4.18. The molecule has 140 valence electrons. The lowest BCUT2D eigenvalue weighted by molar-refractivity contribution is -0.152. The molecule has 1 aliphatic carbocycles. The van der Waals surface area contributed by atoms with Gasteiger partial charge in [0.05, 0.1) is 12.7 Å². The Labute approximate surface area is 152 Å². The second kappa shape index (κ2) is 8.25. The molecule has 26 heavy (non-hydrogen) atoms. The first kappa shape index (κ1) is 18.3. The van der Waals surface area contributed by atoms with E-state index in [4.69, 9.17) is 9.15 Å². The fraction of sp³-hybridized carbons (Fsp3) is 0.500. The maximum Gasteiger partial charge on any atom is 0.310 e. The largest absolute Gasteiger partial charge is 0.508 e. The lowest BCUT2D eigenvalue weighted by Gasteiger charge is -2.33. The highest BCUT2D eigenvalue weighted by molar-refractivity contribution is 5.87. The van der Waals surface area contributed by atoms with Gasteiger partial charge in [-0.25, -0.2) is 0 Å². The molecule has 1 N–H and O–H groups in total. The molecular weight excluding hydrogens is 334 g/mol. The van der Waals surface area contributed by atoms with Gasteiger partial charge in [-0.05, 0) is 31.9 Å². The van der Waals surface area contributed by atoms with Gasteiger partial charge in [-0.2, -0.15) is 0 Å². The van der Waals surface area contributed by atoms with Crippen molar-refractivity contribution >= 4 is 22.8 Å². The number of esters is 1. The van der Waals surface area contributed by atoms with Crippen molar-refractivity contribution in [1.29, 1.82) is 0 Å². The number of likely N-dealkylation sites (N-methyl/N-ethyl adjacent to an activating group) is 1. The lowest BCUT2D eigenvalue weighted by atomic mass is 9.94. The Morgan fingerprint density at radius 3 is 2.77 bits per heavy atom. The summed E-state index contributed by atoms with van der Waals surface area (Å²) in [5.74, 6) is -0.488. The van der Waals surface area contributed by atoms with Gasteiger partial charge in [0.2, 0.25) is 0 Å². The number of phenolic OH excluding ortho intramolecular Hbond substituents is 1. The molecule has 1 amide bonds. The molecule has 1 saturated carbocycles. The van der Waals surface area contributed by atoms with Crippen molar-refractivity contribution < 1.29 is 23.8 Å². The molecule has 2 aromatic rings. The summed E-state index contributed by atoms with van der Waals surface area (Å²) in [5.41, 5.74) is 1.19. The predicted octanol–water partition coefficient (Wildman–Crippen LogP) is 3.41. The van der Waals surface area contributed by atoms with E-state index in [1.807, 2.05) is 11.8 Å². The summed E-state index contributed by atoms with van der Waals surface area (Å²) < 4.78 is 10.6. The number of ether oxygens (including phenoxy) is 1. The topological polar surface area (TPSA) is 80.0 Å². The monoisotopic (exact) mass is 359 g/mol. The molecule has 1 aromatic carbocycles. The van der Waals surface area contributed by atoms with Crippen LogP contribution in [0.15, 0.2) is 28.9 Å². The van der Waals surface area contributed by atoms with E-state index in [1.54, 1.807) is 12.1 Å². The molecular formula is C20H25NO5. The average molecular weight is 359 g/mol. The van der Waals surface area contributed by atoms with Crippen molar-refractivity contribution in [3.8, 4) is 5.75 Å². The highest BCUT2D eigenvalue weighted by Gasteiger charge is 2.25. The van der Waals surface area contributed by atoms with E-state index >= 15 is 0 Å². The molecule has 0 saturated heterocycles. The number of rotatable bonds is 6. The Morgan fingerprint density at radius 1 is 1.27 bits per heavy atom. The maximum atomic E-state index is 12.4. The van der Waals surface area contributed by atoms with Gasteiger partial charge in [0.1, 0.15) is 11.3 Å². The third-order valence-electron chi connectivity index (χ3n) is 5.01. The standard InChI is InChI=1S/C20H25NO5/c1-2-21(15-6-4-3-5-7-15)19(23)13-26-20(24)10-14-12-25-18-11-16(22)8-9-17(14)18/h8-9,11-12,15,22H,2-7,10,13H2,1H3. The lowest BCUT2D eigenvalue weighted by Crippen LogP contribution is -2.43. The number of hydrogen-bond acceptors (Lipinski definition) is 5. The number of carbonyl (C=O) groups excluding carboxylic acids is 2. The van der Waals surface area contributed by atoms with Gasteiger partial charge in [0, 0.05) is 29.6 Å². The van der Waals surface area contributed by atoms with Crippen molar-refractivity contribution in [2.24, 2.45) is 0 Å². The van der Waals surface area contributed by atoms with Gasteiger partial charge in [-0.1, -0.05) is 19.3 Å². The molecule has 0 radical (unpaired) electrons. The van der Waals surface area contributed by atoms with E-state index < -0.39 is 5.97 Å². The van der Waals surface area contributed by atoms with Crippen LogP contribution in [0.1, 0.15) is 44.6 Å². The van der Waals surface area contributed by atoms with Crippen molar-refractivity contribution in [2.45, 2.75) is 51.5 Å². The SMILES string of the molecule is CCN(C(=O)COC(=O)Cc1coc2cc(O)ccc12)C1CCCCC1. The van der Waals surface area contributed by atoms with Crippen LogP contribution in [0.2, 0.25) is 0 Å². The second-order valence-electron chi connectivity index (χ2n) is 6.75. The zero-order valence-corrected chi connectivity index (χ0v) is 15.1. The molecule has 3 rings (SSSR count). The summed E-state index contributed by atoms with van der Waals surface area (Å²) in [7, 11) is 0. The number of amides is 1. The van der Waals surface area contributed by atoms with Gasteiger partial charge < -0.3 is 19.2 Å². The maximum absolute atomic E-state index is 12.4. The van der Waals surface area contributed by atoms with E-state index in [2.05, 4.69) is 0 Å². The van der Waals surface area contributed by atoms with Crippen LogP contribution in [0, 0.1) is 0 Å². The van der Waals surface area contributed by atoms with Crippen LogP contribution in [0.4, 0.5) is 0 Å². The number of nitrogens with zero attached hydrogens (tertiary/aromatic N) is 1. The normalized spacial score (nSPS) is 15.1. The van der Waals surface area contributed by atoms with Crippen LogP contribution in [0.25, 0.3) is 11.0 Å². The van der Waals surface area contributed by atoms with Crippen LogP contribution in [-0.4, -0.2) is 41.1 Å². The van der Waals surface area contributed by atoms with E-state index in [1.165, 1.54) is 18.8 Å². The fourth-order valence-corrected chi connectivity index (χ4v) is 3.67. The van der Waals surface area contributed by atoms with Crippen molar-refractivity contribution in [1.82, 2.24) is 4.90 Å². The van der Waals surface area contributed by atoms with Crippen molar-refractivity contribution in [3.63, 3.8) is 0 Å². The summed E-state index contributed by atoms with van der Waals surface area (Å²) in [6, 6.07) is 5.01. The molecule has 0 unspecified atom stereocenters. The third-order valence-corrected chi connectivity index (χ3v) is 5.01. The van der Waals surface area contributed by atoms with Gasteiger partial charge in [0.15, 0.2) is 6.61 Å². The number of aromatic hydroxyl groups is 1. The number of benzene rings is 1. The summed E-state index contributed by atoms with van der Waals surface area (Å²) >= 11 is 0. The van der Waals surface area contributed by atoms with E-state index in [0.717, 1.165) is 31.1 Å². The number of fused-ring (bicyclic) bond motifs is 1. The first-order valence-electron chi connectivity index (χ1n) is 9.22. The van der Waals surface area contributed by atoms with Crippen LogP contribution in [0.3, 0.4) is 0 Å². The minimum atomic E-state index is -0.464. The van der Waals surface area contributed by atoms with Crippen LogP contribution in [-0.2, 0) is 20.7 Å². The average Bonchev–Trinajstić information content (AvgIpc) is 3.03. The van der Waals surface area contributed by atoms with E-state index in [0.29, 0.717) is 17.7 Å². The zero-order valence-electron chi connectivity index (χ0n) is 15.1. The van der Waals surface area contributed by atoms with Gasteiger partial charge >= 0.3 is 5.97 Å². The highest BCUT2D eigenvalue weighted by atomic mass is 16.5. The second-order valence-corrected chi connectivity index (χ2v) is 6.75. The van der Waals surface area contributed by atoms with Crippen LogP contribution >= 0.6 is 0 Å². The minimum absolute atomic E-state index is 0.0284. The summed E-state index contributed by atoms with van der Waals surface area (Å²) in [6.45, 7) is 2.37. The van der Waals surface area contributed by atoms with Crippen LogP contribution in [0.5, 0.6) is 5.75 Å². The molecule has 6 heteroatoms. The van der Waals surface area contributed by atoms with Gasteiger partial charge in [-0.3, -0.25) is 9.59 Å². The smallest absolute Gasteiger partial charge is 0.310 e. The summed E-state index contributed by atoms with van der Waals surface area (Å²) in [5, 5.41) is 10.2. The number of carbonyl (C=O) groups is 2. The Bertz CT molecular complexity index is 776. The molecule has 0 atom stereocenters. The molecule has 0 aliphatic heterocycles. The molecule has 1 aromatic heterocycles. The van der Waals surface area contributed by atoms with Crippen molar-refractivity contribution in [3.05, 3.63) is 30.0 Å². The Balaban J connectivity index is 1.54. The minimum Gasteiger partial charge on any atom is -0.508 e. The first-order chi connectivity index (χ1) is 12.6. The molecule has 0 bridgehead atoms. The number of furan rings is 1. The fourth-order valence-electron chi connectivity index (χ4n) is 3.67. The Morgan fingerprint density at radius 2 is 2.04 bits per heavy atom. The molecule has 1 heterocycles.